The third-order valence-electron chi connectivity index (χ3n) is 3.55. The first-order chi connectivity index (χ1) is 9.78. The lowest BCUT2D eigenvalue weighted by molar-refractivity contribution is -0.121. The van der Waals surface area contributed by atoms with E-state index in [-0.39, 0.29) is 11.9 Å². The molecule has 0 saturated heterocycles. The number of thiophene rings is 1. The van der Waals surface area contributed by atoms with Crippen LogP contribution >= 0.6 is 11.3 Å². The Morgan fingerprint density at radius 3 is 3.10 bits per heavy atom. The smallest absolute Gasteiger partial charge is 0.225 e. The Labute approximate surface area is 122 Å². The normalized spacial score (nSPS) is 16.1. The van der Waals surface area contributed by atoms with Crippen LogP contribution in [0.1, 0.15) is 36.5 Å². The van der Waals surface area contributed by atoms with Crippen LogP contribution in [0.2, 0.25) is 0 Å². The highest BCUT2D eigenvalue weighted by molar-refractivity contribution is 7.10. The van der Waals surface area contributed by atoms with Crippen molar-refractivity contribution < 1.29 is 4.79 Å². The standard InChI is InChI=1S/C14H18N4OS/c1-2-18-14(15-9-16-18)13(10-5-6-10)17-12(19)8-11-4-3-7-20-11/h3-4,7,9-10,13H,2,5-6,8H2,1H3,(H,17,19)/t13-/m1/s1. The monoisotopic (exact) mass is 290 g/mol. The zero-order chi connectivity index (χ0) is 13.9. The summed E-state index contributed by atoms with van der Waals surface area (Å²) in [4.78, 5) is 17.6. The second kappa shape index (κ2) is 5.75. The van der Waals surface area contributed by atoms with Gasteiger partial charge in [0.2, 0.25) is 5.91 Å². The van der Waals surface area contributed by atoms with Gasteiger partial charge in [-0.25, -0.2) is 9.67 Å². The Morgan fingerprint density at radius 1 is 1.60 bits per heavy atom. The highest BCUT2D eigenvalue weighted by atomic mass is 32.1. The molecule has 0 aromatic carbocycles. The summed E-state index contributed by atoms with van der Waals surface area (Å²) in [7, 11) is 0. The third kappa shape index (κ3) is 2.90. The number of hydrogen-bond acceptors (Lipinski definition) is 4. The molecule has 1 N–H and O–H groups in total. The lowest BCUT2D eigenvalue weighted by Gasteiger charge is -2.18. The highest BCUT2D eigenvalue weighted by Gasteiger charge is 2.36. The van der Waals surface area contributed by atoms with Crippen LogP contribution in [-0.2, 0) is 17.8 Å². The van der Waals surface area contributed by atoms with E-state index in [1.807, 2.05) is 29.1 Å². The van der Waals surface area contributed by atoms with E-state index in [0.29, 0.717) is 12.3 Å². The number of rotatable bonds is 6. The largest absolute Gasteiger partial charge is 0.345 e. The van der Waals surface area contributed by atoms with E-state index in [1.165, 1.54) is 0 Å². The first kappa shape index (κ1) is 13.3. The van der Waals surface area contributed by atoms with Gasteiger partial charge in [-0.2, -0.15) is 5.10 Å². The van der Waals surface area contributed by atoms with E-state index in [4.69, 9.17) is 0 Å². The zero-order valence-corrected chi connectivity index (χ0v) is 12.3. The predicted octanol–water partition coefficient (Wildman–Crippen LogP) is 2.17. The molecule has 2 aromatic heterocycles. The van der Waals surface area contributed by atoms with Crippen LogP contribution in [0.5, 0.6) is 0 Å². The molecule has 1 aliphatic rings. The quantitative estimate of drug-likeness (QED) is 0.887. The van der Waals surface area contributed by atoms with E-state index >= 15 is 0 Å². The van der Waals surface area contributed by atoms with Gasteiger partial charge in [-0.15, -0.1) is 11.3 Å². The molecule has 1 saturated carbocycles. The second-order valence-electron chi connectivity index (χ2n) is 5.07. The molecule has 1 aliphatic carbocycles. The number of carbonyl (C=O) groups excluding carboxylic acids is 1. The molecule has 0 bridgehead atoms. The maximum Gasteiger partial charge on any atom is 0.225 e. The topological polar surface area (TPSA) is 59.8 Å². The van der Waals surface area contributed by atoms with E-state index in [9.17, 15) is 4.79 Å². The zero-order valence-electron chi connectivity index (χ0n) is 11.5. The summed E-state index contributed by atoms with van der Waals surface area (Å²) in [5.74, 6) is 1.46. The van der Waals surface area contributed by atoms with Crippen molar-refractivity contribution in [3.63, 3.8) is 0 Å². The molecule has 1 atom stereocenters. The number of nitrogens with one attached hydrogen (secondary N) is 1. The first-order valence-corrected chi connectivity index (χ1v) is 7.85. The number of hydrogen-bond donors (Lipinski definition) is 1. The molecule has 1 amide bonds. The van der Waals surface area contributed by atoms with Gasteiger partial charge in [0.25, 0.3) is 0 Å². The van der Waals surface area contributed by atoms with Crippen molar-refractivity contribution in [3.8, 4) is 0 Å². The molecule has 0 unspecified atom stereocenters. The maximum absolute atomic E-state index is 12.2. The van der Waals surface area contributed by atoms with Gasteiger partial charge >= 0.3 is 0 Å². The minimum atomic E-state index is 0.00455. The van der Waals surface area contributed by atoms with Crippen LogP contribution in [0, 0.1) is 5.92 Å². The number of aryl methyl sites for hydroxylation is 1. The lowest BCUT2D eigenvalue weighted by Crippen LogP contribution is -2.33. The number of carbonyl (C=O) groups is 1. The fourth-order valence-corrected chi connectivity index (χ4v) is 3.08. The van der Waals surface area contributed by atoms with Gasteiger partial charge in [0.15, 0.2) is 0 Å². The minimum absolute atomic E-state index is 0.00455. The Morgan fingerprint density at radius 2 is 2.45 bits per heavy atom. The fourth-order valence-electron chi connectivity index (χ4n) is 2.38. The average molecular weight is 290 g/mol. The van der Waals surface area contributed by atoms with Crippen molar-refractivity contribution in [2.24, 2.45) is 5.92 Å². The minimum Gasteiger partial charge on any atom is -0.345 e. The van der Waals surface area contributed by atoms with Crippen molar-refractivity contribution in [2.45, 2.75) is 38.8 Å². The molecule has 20 heavy (non-hydrogen) atoms. The summed E-state index contributed by atoms with van der Waals surface area (Å²) in [6.07, 6.45) is 4.32. The summed E-state index contributed by atoms with van der Waals surface area (Å²) in [5.41, 5.74) is 0. The number of aromatic nitrogens is 3. The molecule has 6 heteroatoms. The Balaban J connectivity index is 1.70. The maximum atomic E-state index is 12.2. The van der Waals surface area contributed by atoms with Crippen LogP contribution < -0.4 is 5.32 Å². The van der Waals surface area contributed by atoms with Gasteiger partial charge in [0.1, 0.15) is 12.2 Å². The van der Waals surface area contributed by atoms with Crippen molar-refractivity contribution in [3.05, 3.63) is 34.5 Å². The lowest BCUT2D eigenvalue weighted by atomic mass is 10.1. The van der Waals surface area contributed by atoms with Crippen LogP contribution in [0.3, 0.4) is 0 Å². The SMILES string of the molecule is CCn1ncnc1[C@H](NC(=O)Cc1cccs1)C1CC1. The first-order valence-electron chi connectivity index (χ1n) is 6.97. The summed E-state index contributed by atoms with van der Waals surface area (Å²) in [5, 5.41) is 9.34. The van der Waals surface area contributed by atoms with Crippen molar-refractivity contribution >= 4 is 17.2 Å². The molecule has 2 aromatic rings. The van der Waals surface area contributed by atoms with Crippen LogP contribution in [-0.4, -0.2) is 20.7 Å². The molecule has 1 fully saturated rings. The molecular formula is C14H18N4OS. The summed E-state index contributed by atoms with van der Waals surface area (Å²) < 4.78 is 1.87. The molecule has 0 radical (unpaired) electrons. The summed E-state index contributed by atoms with van der Waals surface area (Å²) >= 11 is 1.61. The Kier molecular flexibility index (Phi) is 3.82. The van der Waals surface area contributed by atoms with E-state index in [0.717, 1.165) is 30.1 Å². The molecule has 0 aliphatic heterocycles. The summed E-state index contributed by atoms with van der Waals surface area (Å²) in [6.45, 7) is 2.81. The van der Waals surface area contributed by atoms with E-state index in [2.05, 4.69) is 15.4 Å². The van der Waals surface area contributed by atoms with Crippen molar-refractivity contribution in [2.75, 3.05) is 0 Å². The Hall–Kier alpha value is -1.69. The van der Waals surface area contributed by atoms with Gasteiger partial charge in [0.05, 0.1) is 12.5 Å². The predicted molar refractivity (Wildman–Crippen MR) is 77.3 cm³/mol. The van der Waals surface area contributed by atoms with Crippen LogP contribution in [0.25, 0.3) is 0 Å². The van der Waals surface area contributed by atoms with Gasteiger partial charge in [0, 0.05) is 11.4 Å². The van der Waals surface area contributed by atoms with Crippen molar-refractivity contribution in [1.29, 1.82) is 0 Å². The highest BCUT2D eigenvalue weighted by Crippen LogP contribution is 2.40. The van der Waals surface area contributed by atoms with Crippen LogP contribution in [0.4, 0.5) is 0 Å². The third-order valence-corrected chi connectivity index (χ3v) is 4.42. The van der Waals surface area contributed by atoms with Gasteiger partial charge in [-0.3, -0.25) is 4.79 Å². The van der Waals surface area contributed by atoms with Gasteiger partial charge in [-0.1, -0.05) is 6.07 Å². The molecule has 106 valence electrons. The molecule has 5 nitrogen and oxygen atoms in total. The second-order valence-corrected chi connectivity index (χ2v) is 6.11. The number of amides is 1. The van der Waals surface area contributed by atoms with Crippen molar-refractivity contribution in [1.82, 2.24) is 20.1 Å². The van der Waals surface area contributed by atoms with Gasteiger partial charge < -0.3 is 5.32 Å². The summed E-state index contributed by atoms with van der Waals surface area (Å²) in [6, 6.07) is 3.97. The fraction of sp³-hybridized carbons (Fsp3) is 0.500. The average Bonchev–Trinajstić information content (AvgIpc) is 2.96. The number of nitrogens with zero attached hydrogens (tertiary/aromatic N) is 3. The van der Waals surface area contributed by atoms with Crippen LogP contribution in [0.15, 0.2) is 23.8 Å². The molecule has 2 heterocycles. The molecular weight excluding hydrogens is 272 g/mol. The molecule has 3 rings (SSSR count). The van der Waals surface area contributed by atoms with Gasteiger partial charge in [-0.05, 0) is 37.1 Å². The Bertz CT molecular complexity index is 574. The van der Waals surface area contributed by atoms with E-state index < -0.39 is 0 Å². The van der Waals surface area contributed by atoms with E-state index in [1.54, 1.807) is 17.7 Å². The molecule has 0 spiro atoms.